The van der Waals surface area contributed by atoms with E-state index in [1.54, 1.807) is 0 Å². The molecule has 11 heavy (non-hydrogen) atoms. The molecular weight excluding hydrogens is 162 g/mol. The molecule has 0 aliphatic rings. The summed E-state index contributed by atoms with van der Waals surface area (Å²) < 4.78 is 0. The normalized spacial score (nSPS) is 9.18. The van der Waals surface area contributed by atoms with Crippen molar-refractivity contribution in [1.82, 2.24) is 9.97 Å². The molecule has 0 spiro atoms. The first kappa shape index (κ1) is 7.96. The minimum absolute atomic E-state index is 0.236. The summed E-state index contributed by atoms with van der Waals surface area (Å²) in [6.07, 6.45) is 2.17. The van der Waals surface area contributed by atoms with Crippen molar-refractivity contribution < 1.29 is 0 Å². The van der Waals surface area contributed by atoms with Crippen LogP contribution in [0.5, 0.6) is 0 Å². The lowest BCUT2D eigenvalue weighted by atomic mass is 10.3. The fourth-order valence-corrected chi connectivity index (χ4v) is 0.829. The summed E-state index contributed by atoms with van der Waals surface area (Å²) in [5, 5.41) is 8.70. The molecule has 0 bridgehead atoms. The quantitative estimate of drug-likeness (QED) is 0.597. The van der Waals surface area contributed by atoms with Crippen LogP contribution in [-0.4, -0.2) is 9.97 Å². The van der Waals surface area contributed by atoms with Crippen molar-refractivity contribution in [1.29, 1.82) is 5.26 Å². The van der Waals surface area contributed by atoms with Crippen LogP contribution in [0.15, 0.2) is 6.20 Å². The number of rotatable bonds is 1. The van der Waals surface area contributed by atoms with Crippen LogP contribution in [0.2, 0.25) is 5.15 Å². The van der Waals surface area contributed by atoms with Crippen LogP contribution in [0.1, 0.15) is 18.3 Å². The van der Waals surface area contributed by atoms with E-state index in [4.69, 9.17) is 16.9 Å². The third kappa shape index (κ3) is 1.66. The third-order valence-corrected chi connectivity index (χ3v) is 1.52. The maximum absolute atomic E-state index is 8.47. The zero-order valence-corrected chi connectivity index (χ0v) is 6.76. The molecule has 0 aliphatic heterocycles. The number of hydrogen-bond donors (Lipinski definition) is 0. The van der Waals surface area contributed by atoms with Crippen LogP contribution in [-0.2, 0) is 6.42 Å². The van der Waals surface area contributed by atoms with E-state index in [9.17, 15) is 0 Å². The van der Waals surface area contributed by atoms with E-state index in [-0.39, 0.29) is 5.15 Å². The van der Waals surface area contributed by atoms with E-state index in [2.05, 4.69) is 9.97 Å². The second-order valence-electron chi connectivity index (χ2n) is 1.96. The summed E-state index contributed by atoms with van der Waals surface area (Å²) in [7, 11) is 0. The van der Waals surface area contributed by atoms with Gasteiger partial charge < -0.3 is 0 Å². The Morgan fingerprint density at radius 2 is 2.45 bits per heavy atom. The third-order valence-electron chi connectivity index (χ3n) is 1.23. The Labute approximate surface area is 69.7 Å². The minimum atomic E-state index is 0.236. The molecule has 0 fully saturated rings. The van der Waals surface area contributed by atoms with Crippen molar-refractivity contribution in [3.05, 3.63) is 22.7 Å². The average molecular weight is 168 g/mol. The van der Waals surface area contributed by atoms with Crippen molar-refractivity contribution in [3.8, 4) is 6.07 Å². The summed E-state index contributed by atoms with van der Waals surface area (Å²) in [5.41, 5.74) is 0.323. The largest absolute Gasteiger partial charge is 0.240 e. The fraction of sp³-hybridized carbons (Fsp3) is 0.286. The number of aromatic nitrogens is 2. The Balaban J connectivity index is 3.12. The van der Waals surface area contributed by atoms with Crippen LogP contribution in [0.4, 0.5) is 0 Å². The monoisotopic (exact) mass is 167 g/mol. The molecule has 0 aromatic carbocycles. The zero-order valence-electron chi connectivity index (χ0n) is 6.00. The SMILES string of the molecule is CCc1ncc(C#N)c(Cl)n1. The van der Waals surface area contributed by atoms with E-state index >= 15 is 0 Å². The van der Waals surface area contributed by atoms with E-state index in [0.717, 1.165) is 6.42 Å². The van der Waals surface area contributed by atoms with Crippen molar-refractivity contribution in [2.24, 2.45) is 0 Å². The van der Waals surface area contributed by atoms with Crippen LogP contribution in [0, 0.1) is 11.3 Å². The van der Waals surface area contributed by atoms with Crippen molar-refractivity contribution in [3.63, 3.8) is 0 Å². The highest BCUT2D eigenvalue weighted by Gasteiger charge is 2.01. The maximum atomic E-state index is 8.47. The molecule has 1 aromatic rings. The smallest absolute Gasteiger partial charge is 0.150 e. The molecule has 0 unspecified atom stereocenters. The summed E-state index contributed by atoms with van der Waals surface area (Å²) in [6, 6.07) is 1.89. The topological polar surface area (TPSA) is 49.6 Å². The van der Waals surface area contributed by atoms with E-state index in [0.29, 0.717) is 11.4 Å². The Morgan fingerprint density at radius 3 is 2.91 bits per heavy atom. The van der Waals surface area contributed by atoms with Crippen LogP contribution in [0.25, 0.3) is 0 Å². The second-order valence-corrected chi connectivity index (χ2v) is 2.31. The van der Waals surface area contributed by atoms with E-state index in [1.165, 1.54) is 6.20 Å². The number of halogens is 1. The van der Waals surface area contributed by atoms with Gasteiger partial charge in [0.1, 0.15) is 17.5 Å². The molecule has 1 rings (SSSR count). The van der Waals surface area contributed by atoms with Gasteiger partial charge in [0, 0.05) is 12.6 Å². The van der Waals surface area contributed by atoms with Crippen LogP contribution >= 0.6 is 11.6 Å². The van der Waals surface area contributed by atoms with Gasteiger partial charge in [0.05, 0.1) is 0 Å². The first-order valence-electron chi connectivity index (χ1n) is 3.19. The van der Waals surface area contributed by atoms with Gasteiger partial charge in [-0.15, -0.1) is 0 Å². The van der Waals surface area contributed by atoms with E-state index in [1.807, 2.05) is 13.0 Å². The molecule has 0 saturated heterocycles. The minimum Gasteiger partial charge on any atom is -0.240 e. The molecular formula is C7H6ClN3. The second kappa shape index (κ2) is 3.31. The average Bonchev–Trinajstić information content (AvgIpc) is 2.04. The molecule has 0 aliphatic carbocycles. The lowest BCUT2D eigenvalue weighted by molar-refractivity contribution is 0.936. The molecule has 1 aromatic heterocycles. The summed E-state index contributed by atoms with van der Waals surface area (Å²) in [5.74, 6) is 0.661. The highest BCUT2D eigenvalue weighted by molar-refractivity contribution is 6.30. The summed E-state index contributed by atoms with van der Waals surface area (Å²) in [6.45, 7) is 1.93. The van der Waals surface area contributed by atoms with Gasteiger partial charge in [-0.3, -0.25) is 0 Å². The van der Waals surface area contributed by atoms with Crippen LogP contribution in [0.3, 0.4) is 0 Å². The summed E-state index contributed by atoms with van der Waals surface area (Å²) in [4.78, 5) is 7.81. The van der Waals surface area contributed by atoms with Gasteiger partial charge in [-0.2, -0.15) is 5.26 Å². The van der Waals surface area contributed by atoms with E-state index < -0.39 is 0 Å². The number of hydrogen-bond acceptors (Lipinski definition) is 3. The molecule has 0 saturated carbocycles. The highest BCUT2D eigenvalue weighted by Crippen LogP contribution is 2.09. The predicted molar refractivity (Wildman–Crippen MR) is 41.1 cm³/mol. The summed E-state index contributed by atoms with van der Waals surface area (Å²) >= 11 is 5.63. The Kier molecular flexibility index (Phi) is 2.40. The van der Waals surface area contributed by atoms with Gasteiger partial charge in [-0.25, -0.2) is 9.97 Å². The number of aryl methyl sites for hydroxylation is 1. The molecule has 3 nitrogen and oxygen atoms in total. The van der Waals surface area contributed by atoms with Gasteiger partial charge in [0.2, 0.25) is 0 Å². The molecule has 56 valence electrons. The molecule has 4 heteroatoms. The van der Waals surface area contributed by atoms with Crippen molar-refractivity contribution >= 4 is 11.6 Å². The molecule has 0 atom stereocenters. The standard InChI is InChI=1S/C7H6ClN3/c1-2-6-10-4-5(3-9)7(8)11-6/h4H,2H2,1H3. The van der Waals surface area contributed by atoms with Crippen molar-refractivity contribution in [2.45, 2.75) is 13.3 Å². The van der Waals surface area contributed by atoms with Gasteiger partial charge in [0.25, 0.3) is 0 Å². The predicted octanol–water partition coefficient (Wildman–Crippen LogP) is 1.56. The van der Waals surface area contributed by atoms with Gasteiger partial charge in [0.15, 0.2) is 5.15 Å². The molecule has 0 amide bonds. The maximum Gasteiger partial charge on any atom is 0.150 e. The lowest BCUT2D eigenvalue weighted by Gasteiger charge is -1.95. The molecule has 0 N–H and O–H groups in total. The molecule has 1 heterocycles. The van der Waals surface area contributed by atoms with Crippen LogP contribution < -0.4 is 0 Å². The Hall–Kier alpha value is -1.14. The Bertz CT molecular complexity index is 303. The Morgan fingerprint density at radius 1 is 1.73 bits per heavy atom. The van der Waals surface area contributed by atoms with Gasteiger partial charge in [-0.1, -0.05) is 18.5 Å². The fourth-order valence-electron chi connectivity index (χ4n) is 0.640. The number of nitriles is 1. The van der Waals surface area contributed by atoms with Gasteiger partial charge >= 0.3 is 0 Å². The van der Waals surface area contributed by atoms with Gasteiger partial charge in [-0.05, 0) is 0 Å². The zero-order chi connectivity index (χ0) is 8.27. The highest BCUT2D eigenvalue weighted by atomic mass is 35.5. The first-order chi connectivity index (χ1) is 5.27. The molecule has 0 radical (unpaired) electrons. The van der Waals surface area contributed by atoms with Crippen molar-refractivity contribution in [2.75, 3.05) is 0 Å². The first-order valence-corrected chi connectivity index (χ1v) is 3.57. The lowest BCUT2D eigenvalue weighted by Crippen LogP contribution is -1.94. The number of nitrogens with zero attached hydrogens (tertiary/aromatic N) is 3.